The zero-order valence-corrected chi connectivity index (χ0v) is 18.9. The largest absolute Gasteiger partial charge is 0.490 e. The summed E-state index contributed by atoms with van der Waals surface area (Å²) in [6.07, 6.45) is 5.50. The summed E-state index contributed by atoms with van der Waals surface area (Å²) in [5.41, 5.74) is 1.12. The van der Waals surface area contributed by atoms with Crippen molar-refractivity contribution in [3.05, 3.63) is 77.6 Å². The average Bonchev–Trinajstić information content (AvgIpc) is 2.86. The summed E-state index contributed by atoms with van der Waals surface area (Å²) in [6, 6.07) is 12.7. The van der Waals surface area contributed by atoms with Crippen molar-refractivity contribution < 1.29 is 33.6 Å². The van der Waals surface area contributed by atoms with Crippen LogP contribution in [0.15, 0.2) is 60.7 Å². The van der Waals surface area contributed by atoms with Crippen LogP contribution >= 0.6 is 0 Å². The van der Waals surface area contributed by atoms with Crippen LogP contribution in [0, 0.1) is 5.82 Å². The van der Waals surface area contributed by atoms with Gasteiger partial charge in [0.15, 0.2) is 0 Å². The lowest BCUT2D eigenvalue weighted by atomic mass is 9.90. The first-order chi connectivity index (χ1) is 16.5. The first kappa shape index (κ1) is 23.9. The Morgan fingerprint density at radius 1 is 1.15 bits per heavy atom. The number of carbonyl (C=O) groups is 1. The lowest BCUT2D eigenvalue weighted by molar-refractivity contribution is -0.0588. The normalized spacial score (nSPS) is 15.6. The Balaban J connectivity index is 1.66. The Hall–Kier alpha value is -3.26. The minimum Gasteiger partial charge on any atom is -0.490 e. The molecular formula is C27H27FO6. The van der Waals surface area contributed by atoms with Crippen LogP contribution in [-0.2, 0) is 16.1 Å². The molecule has 3 aromatic carbocycles. The molecule has 0 aliphatic carbocycles. The van der Waals surface area contributed by atoms with E-state index in [0.29, 0.717) is 42.1 Å². The van der Waals surface area contributed by atoms with Gasteiger partial charge in [0.1, 0.15) is 18.2 Å². The Bertz CT molecular complexity index is 1200. The van der Waals surface area contributed by atoms with Gasteiger partial charge in [-0.3, -0.25) is 0 Å². The molecule has 1 fully saturated rings. The number of hydrogen-bond acceptors (Lipinski definition) is 5. The van der Waals surface area contributed by atoms with Gasteiger partial charge >= 0.3 is 5.97 Å². The van der Waals surface area contributed by atoms with Crippen molar-refractivity contribution in [3.63, 3.8) is 0 Å². The molecule has 0 bridgehead atoms. The second kappa shape index (κ2) is 10.3. The zero-order valence-electron chi connectivity index (χ0n) is 18.9. The second-order valence-electron chi connectivity index (χ2n) is 8.23. The minimum atomic E-state index is -1.15. The molecule has 3 aromatic rings. The summed E-state index contributed by atoms with van der Waals surface area (Å²) < 4.78 is 30.5. The van der Waals surface area contributed by atoms with Gasteiger partial charge < -0.3 is 24.4 Å². The number of rotatable bonds is 8. The number of hydrogen-bond donors (Lipinski definition) is 2. The maximum Gasteiger partial charge on any atom is 0.336 e. The maximum atomic E-state index is 13.5. The highest BCUT2D eigenvalue weighted by atomic mass is 19.1. The highest BCUT2D eigenvalue weighted by molar-refractivity contribution is 6.05. The molecule has 1 aliphatic heterocycles. The number of ether oxygens (including phenoxy) is 3. The average molecular weight is 467 g/mol. The third kappa shape index (κ3) is 4.97. The molecule has 4 rings (SSSR count). The Labute approximate surface area is 197 Å². The number of benzene rings is 3. The molecule has 0 unspecified atom stereocenters. The third-order valence-electron chi connectivity index (χ3n) is 6.25. The molecule has 1 heterocycles. The van der Waals surface area contributed by atoms with Gasteiger partial charge in [0.2, 0.25) is 0 Å². The zero-order chi connectivity index (χ0) is 24.1. The highest BCUT2D eigenvalue weighted by Crippen LogP contribution is 2.36. The summed E-state index contributed by atoms with van der Waals surface area (Å²) in [6.45, 7) is 1.17. The summed E-state index contributed by atoms with van der Waals surface area (Å²) in [7, 11) is 1.69. The number of aromatic carboxylic acids is 1. The summed E-state index contributed by atoms with van der Waals surface area (Å²) >= 11 is 0. The fourth-order valence-electron chi connectivity index (χ4n) is 4.38. The molecule has 1 aliphatic rings. The quantitative estimate of drug-likeness (QED) is 0.456. The predicted molar refractivity (Wildman–Crippen MR) is 127 cm³/mol. The molecule has 1 saturated heterocycles. The Morgan fingerprint density at radius 2 is 1.88 bits per heavy atom. The number of methoxy groups -OCH3 is 1. The van der Waals surface area contributed by atoms with Crippen molar-refractivity contribution in [3.8, 4) is 16.9 Å². The molecule has 0 radical (unpaired) electrons. The van der Waals surface area contributed by atoms with Crippen molar-refractivity contribution in [1.29, 1.82) is 0 Å². The van der Waals surface area contributed by atoms with Gasteiger partial charge in [-0.05, 0) is 58.3 Å². The van der Waals surface area contributed by atoms with Crippen LogP contribution in [0.3, 0.4) is 0 Å². The number of fused-ring (bicyclic) bond motifs is 1. The van der Waals surface area contributed by atoms with Gasteiger partial charge in [-0.25, -0.2) is 9.18 Å². The monoisotopic (exact) mass is 466 g/mol. The Morgan fingerprint density at radius 3 is 2.53 bits per heavy atom. The second-order valence-corrected chi connectivity index (χ2v) is 8.23. The van der Waals surface area contributed by atoms with Crippen LogP contribution in [-0.4, -0.2) is 48.7 Å². The molecule has 0 aromatic heterocycles. The molecule has 7 heteroatoms. The molecule has 6 nitrogen and oxygen atoms in total. The van der Waals surface area contributed by atoms with Gasteiger partial charge in [-0.15, -0.1) is 0 Å². The summed E-state index contributed by atoms with van der Waals surface area (Å²) in [5, 5.41) is 21.1. The van der Waals surface area contributed by atoms with E-state index in [1.54, 1.807) is 31.4 Å². The van der Waals surface area contributed by atoms with Crippen LogP contribution < -0.4 is 4.74 Å². The van der Waals surface area contributed by atoms with E-state index in [1.165, 1.54) is 18.2 Å². The molecule has 178 valence electrons. The smallest absolute Gasteiger partial charge is 0.336 e. The van der Waals surface area contributed by atoms with Crippen molar-refractivity contribution in [2.24, 2.45) is 0 Å². The predicted octanol–water partition coefficient (Wildman–Crippen LogP) is 4.97. The fourth-order valence-corrected chi connectivity index (χ4v) is 4.38. The van der Waals surface area contributed by atoms with E-state index in [4.69, 9.17) is 14.2 Å². The van der Waals surface area contributed by atoms with Gasteiger partial charge in [-0.2, -0.15) is 0 Å². The summed E-state index contributed by atoms with van der Waals surface area (Å²) in [4.78, 5) is 11.9. The molecule has 0 spiro atoms. The van der Waals surface area contributed by atoms with Crippen molar-refractivity contribution >= 4 is 16.7 Å². The van der Waals surface area contributed by atoms with Gasteiger partial charge in [0, 0.05) is 38.7 Å². The lowest BCUT2D eigenvalue weighted by Crippen LogP contribution is -2.36. The number of carboxylic acid groups (broad SMARTS) is 1. The Kier molecular flexibility index (Phi) is 7.26. The number of carboxylic acids is 1. The van der Waals surface area contributed by atoms with E-state index in [2.05, 4.69) is 0 Å². The van der Waals surface area contributed by atoms with Crippen LogP contribution in [0.4, 0.5) is 4.39 Å². The van der Waals surface area contributed by atoms with E-state index in [-0.39, 0.29) is 16.7 Å². The lowest BCUT2D eigenvalue weighted by Gasteiger charge is -2.33. The van der Waals surface area contributed by atoms with Gasteiger partial charge in [-0.1, -0.05) is 24.3 Å². The third-order valence-corrected chi connectivity index (χ3v) is 6.25. The molecule has 0 amide bonds. The van der Waals surface area contributed by atoms with Crippen LogP contribution in [0.25, 0.3) is 21.9 Å². The molecule has 34 heavy (non-hydrogen) atoms. The molecule has 0 atom stereocenters. The van der Waals surface area contributed by atoms with E-state index >= 15 is 0 Å². The van der Waals surface area contributed by atoms with Crippen LogP contribution in [0.1, 0.15) is 28.8 Å². The molecular weight excluding hydrogens is 439 g/mol. The number of aliphatic hydroxyl groups is 1. The highest BCUT2D eigenvalue weighted by Gasteiger charge is 2.29. The standard InChI is InChI=1S/C27H27FO6/c1-32-27(10-13-33-14-11-27)9-2-12-34-21-7-8-22-19(15-21)16-23(26(30)31)24(17-29)25(22)18-3-5-20(28)6-4-18/h2-9,15-16,29H,10-14,17H2,1H3,(H,30,31). The van der Waals surface area contributed by atoms with Crippen molar-refractivity contribution in [1.82, 2.24) is 0 Å². The molecule has 0 saturated carbocycles. The van der Waals surface area contributed by atoms with E-state index in [9.17, 15) is 19.4 Å². The van der Waals surface area contributed by atoms with Crippen LogP contribution in [0.5, 0.6) is 5.75 Å². The van der Waals surface area contributed by atoms with E-state index in [0.717, 1.165) is 18.2 Å². The van der Waals surface area contributed by atoms with Crippen LogP contribution in [0.2, 0.25) is 0 Å². The first-order valence-corrected chi connectivity index (χ1v) is 11.1. The van der Waals surface area contributed by atoms with E-state index < -0.39 is 18.4 Å². The van der Waals surface area contributed by atoms with Crippen molar-refractivity contribution in [2.45, 2.75) is 25.0 Å². The number of aliphatic hydroxyl groups excluding tert-OH is 1. The fraction of sp³-hybridized carbons (Fsp3) is 0.296. The first-order valence-electron chi connectivity index (χ1n) is 11.1. The summed E-state index contributed by atoms with van der Waals surface area (Å²) in [5.74, 6) is -0.966. The van der Waals surface area contributed by atoms with Crippen molar-refractivity contribution in [2.75, 3.05) is 26.9 Å². The van der Waals surface area contributed by atoms with E-state index in [1.807, 2.05) is 18.2 Å². The SMILES string of the molecule is COC1(C=CCOc2ccc3c(-c4ccc(F)cc4)c(CO)c(C(=O)O)cc3c2)CCOCC1. The molecule has 2 N–H and O–H groups in total. The van der Waals surface area contributed by atoms with Gasteiger partial charge in [0.05, 0.1) is 17.8 Å². The maximum absolute atomic E-state index is 13.5. The minimum absolute atomic E-state index is 0.00655. The topological polar surface area (TPSA) is 85.2 Å². The van der Waals surface area contributed by atoms with Gasteiger partial charge in [0.25, 0.3) is 0 Å². The number of halogens is 1.